The van der Waals surface area contributed by atoms with Gasteiger partial charge in [-0.2, -0.15) is 0 Å². The molecule has 1 amide bonds. The highest BCUT2D eigenvalue weighted by Gasteiger charge is 2.46. The summed E-state index contributed by atoms with van der Waals surface area (Å²) in [7, 11) is 3.01. The zero-order valence-electron chi connectivity index (χ0n) is 17.6. The first-order valence-corrected chi connectivity index (χ1v) is 10.8. The fourth-order valence-electron chi connectivity index (χ4n) is 3.93. The molecule has 4 aromatic rings. The Morgan fingerprint density at radius 3 is 2.61 bits per heavy atom. The third-order valence-corrected chi connectivity index (χ3v) is 6.22. The van der Waals surface area contributed by atoms with Gasteiger partial charge in [0.1, 0.15) is 5.58 Å². The number of aromatic nitrogens is 1. The molecule has 1 atom stereocenters. The van der Waals surface area contributed by atoms with Gasteiger partial charge in [0.15, 0.2) is 28.1 Å². The van der Waals surface area contributed by atoms with Gasteiger partial charge in [-0.1, -0.05) is 24.3 Å². The van der Waals surface area contributed by atoms with Crippen molar-refractivity contribution >= 4 is 39.1 Å². The van der Waals surface area contributed by atoms with Crippen molar-refractivity contribution < 1.29 is 28.6 Å². The number of methoxy groups -OCH3 is 2. The lowest BCUT2D eigenvalue weighted by molar-refractivity contribution is -0.117. The maximum atomic E-state index is 13.6. The number of para-hydroxylation sites is 1. The number of amides is 1. The first kappa shape index (κ1) is 20.8. The Hall–Kier alpha value is -4.11. The first-order chi connectivity index (χ1) is 16.0. The summed E-state index contributed by atoms with van der Waals surface area (Å²) in [6.07, 6.45) is 1.55. The summed E-state index contributed by atoms with van der Waals surface area (Å²) in [5.41, 5.74) is 0.978. The number of anilines is 1. The number of aliphatic hydroxyl groups is 1. The van der Waals surface area contributed by atoms with Gasteiger partial charge in [-0.3, -0.25) is 14.5 Å². The van der Waals surface area contributed by atoms with E-state index in [0.717, 1.165) is 5.39 Å². The van der Waals surface area contributed by atoms with Crippen LogP contribution >= 0.6 is 11.3 Å². The first-order valence-electron chi connectivity index (χ1n) is 9.95. The summed E-state index contributed by atoms with van der Waals surface area (Å²) in [4.78, 5) is 32.2. The Labute approximate surface area is 192 Å². The van der Waals surface area contributed by atoms with Crippen LogP contribution in [0.25, 0.3) is 11.0 Å². The number of aliphatic hydroxyl groups excluding tert-OH is 1. The third kappa shape index (κ3) is 3.33. The van der Waals surface area contributed by atoms with Crippen molar-refractivity contribution in [3.05, 3.63) is 82.8 Å². The van der Waals surface area contributed by atoms with Crippen LogP contribution in [0.2, 0.25) is 0 Å². The van der Waals surface area contributed by atoms with Gasteiger partial charge in [-0.05, 0) is 29.8 Å². The molecule has 0 bridgehead atoms. The van der Waals surface area contributed by atoms with Gasteiger partial charge in [-0.25, -0.2) is 4.98 Å². The number of nitrogens with zero attached hydrogens (tertiary/aromatic N) is 2. The fourth-order valence-corrected chi connectivity index (χ4v) is 4.60. The number of carbonyl (C=O) groups is 2. The van der Waals surface area contributed by atoms with E-state index in [1.807, 2.05) is 12.1 Å². The highest BCUT2D eigenvalue weighted by Crippen LogP contribution is 2.44. The summed E-state index contributed by atoms with van der Waals surface area (Å²) in [6.45, 7) is 0. The number of carbonyl (C=O) groups excluding carboxylic acids is 2. The summed E-state index contributed by atoms with van der Waals surface area (Å²) in [5.74, 6) is -1.01. The average molecular weight is 462 g/mol. The van der Waals surface area contributed by atoms with E-state index in [1.165, 1.54) is 30.5 Å². The minimum Gasteiger partial charge on any atom is -0.503 e. The topological polar surface area (TPSA) is 102 Å². The van der Waals surface area contributed by atoms with Crippen molar-refractivity contribution in [2.24, 2.45) is 0 Å². The van der Waals surface area contributed by atoms with Crippen LogP contribution < -0.4 is 14.4 Å². The molecule has 1 unspecified atom stereocenters. The minimum absolute atomic E-state index is 0.0250. The highest BCUT2D eigenvalue weighted by molar-refractivity contribution is 7.13. The largest absolute Gasteiger partial charge is 0.503 e. The van der Waals surface area contributed by atoms with E-state index in [1.54, 1.807) is 48.0 Å². The van der Waals surface area contributed by atoms with Crippen molar-refractivity contribution in [2.45, 2.75) is 6.04 Å². The Kier molecular flexibility index (Phi) is 5.10. The molecule has 3 heterocycles. The maximum absolute atomic E-state index is 13.6. The summed E-state index contributed by atoms with van der Waals surface area (Å²) >= 11 is 1.22. The normalized spacial score (nSPS) is 16.0. The van der Waals surface area contributed by atoms with Crippen molar-refractivity contribution in [1.82, 2.24) is 4.98 Å². The smallest absolute Gasteiger partial charge is 0.296 e. The molecule has 1 N–H and O–H groups in total. The Morgan fingerprint density at radius 1 is 1.12 bits per heavy atom. The van der Waals surface area contributed by atoms with E-state index >= 15 is 0 Å². The number of ether oxygens (including phenoxy) is 2. The molecule has 9 heteroatoms. The van der Waals surface area contributed by atoms with E-state index in [0.29, 0.717) is 27.8 Å². The molecule has 2 aromatic carbocycles. The average Bonchev–Trinajstić information content (AvgIpc) is 3.57. The summed E-state index contributed by atoms with van der Waals surface area (Å²) < 4.78 is 16.5. The van der Waals surface area contributed by atoms with Crippen LogP contribution in [-0.4, -0.2) is 36.0 Å². The molecule has 2 aromatic heterocycles. The molecule has 1 aliphatic rings. The second-order valence-electron chi connectivity index (χ2n) is 7.25. The van der Waals surface area contributed by atoms with Gasteiger partial charge in [0.2, 0.25) is 5.78 Å². The molecule has 166 valence electrons. The Bertz CT molecular complexity index is 1370. The highest BCUT2D eigenvalue weighted by atomic mass is 32.1. The Morgan fingerprint density at radius 2 is 1.91 bits per heavy atom. The number of ketones is 1. The zero-order valence-corrected chi connectivity index (χ0v) is 18.5. The van der Waals surface area contributed by atoms with Crippen molar-refractivity contribution in [3.8, 4) is 11.5 Å². The van der Waals surface area contributed by atoms with Crippen LogP contribution in [0.15, 0.2) is 75.9 Å². The lowest BCUT2D eigenvalue weighted by Gasteiger charge is -2.25. The predicted octanol–water partition coefficient (Wildman–Crippen LogP) is 4.69. The van der Waals surface area contributed by atoms with Gasteiger partial charge >= 0.3 is 0 Å². The number of hydrogen-bond donors (Lipinski definition) is 1. The molecular formula is C24H18N2O6S. The lowest BCUT2D eigenvalue weighted by Crippen LogP contribution is -2.31. The van der Waals surface area contributed by atoms with Crippen LogP contribution in [0.5, 0.6) is 11.5 Å². The van der Waals surface area contributed by atoms with Gasteiger partial charge in [0, 0.05) is 17.0 Å². The molecule has 0 aliphatic carbocycles. The predicted molar refractivity (Wildman–Crippen MR) is 122 cm³/mol. The molecular weight excluding hydrogens is 444 g/mol. The maximum Gasteiger partial charge on any atom is 0.296 e. The van der Waals surface area contributed by atoms with Crippen molar-refractivity contribution in [1.29, 1.82) is 0 Å². The molecule has 0 fully saturated rings. The lowest BCUT2D eigenvalue weighted by atomic mass is 9.95. The standard InChI is InChI=1S/C24H18N2O6S/c1-30-16-8-7-14(12-17(16)31-2)20-19(22(28)23(29)26(20)24-25-9-10-33-24)21(27)18-11-13-5-3-4-6-15(13)32-18/h3-12,20,28H,1-2H3. The number of Topliss-reactive ketones (excluding diaryl/α,β-unsaturated/α-hetero) is 1. The van der Waals surface area contributed by atoms with Crippen LogP contribution in [0.1, 0.15) is 22.2 Å². The number of benzene rings is 2. The van der Waals surface area contributed by atoms with Crippen LogP contribution in [-0.2, 0) is 4.79 Å². The van der Waals surface area contributed by atoms with E-state index in [4.69, 9.17) is 13.9 Å². The monoisotopic (exact) mass is 462 g/mol. The molecule has 0 spiro atoms. The number of hydrogen-bond acceptors (Lipinski definition) is 8. The van der Waals surface area contributed by atoms with Crippen molar-refractivity contribution in [3.63, 3.8) is 0 Å². The van der Waals surface area contributed by atoms with Crippen molar-refractivity contribution in [2.75, 3.05) is 19.1 Å². The van der Waals surface area contributed by atoms with E-state index in [2.05, 4.69) is 4.98 Å². The second kappa shape index (κ2) is 8.10. The zero-order chi connectivity index (χ0) is 23.1. The molecule has 5 rings (SSSR count). The SMILES string of the molecule is COc1ccc(C2C(C(=O)c3cc4ccccc4o3)=C(O)C(=O)N2c2nccs2)cc1OC. The van der Waals surface area contributed by atoms with Crippen LogP contribution in [0.3, 0.4) is 0 Å². The molecule has 33 heavy (non-hydrogen) atoms. The number of furan rings is 1. The second-order valence-corrected chi connectivity index (χ2v) is 8.12. The van der Waals surface area contributed by atoms with E-state index in [9.17, 15) is 14.7 Å². The molecule has 1 aliphatic heterocycles. The van der Waals surface area contributed by atoms with E-state index in [-0.39, 0.29) is 11.3 Å². The molecule has 0 saturated heterocycles. The van der Waals surface area contributed by atoms with E-state index < -0.39 is 23.5 Å². The molecule has 8 nitrogen and oxygen atoms in total. The van der Waals surface area contributed by atoms with Gasteiger partial charge in [-0.15, -0.1) is 11.3 Å². The van der Waals surface area contributed by atoms with Crippen LogP contribution in [0, 0.1) is 0 Å². The molecule has 0 radical (unpaired) electrons. The number of rotatable bonds is 6. The molecule has 0 saturated carbocycles. The fraction of sp³-hybridized carbons (Fsp3) is 0.125. The number of thiazole rings is 1. The minimum atomic E-state index is -0.941. The Balaban J connectivity index is 1.67. The third-order valence-electron chi connectivity index (χ3n) is 5.45. The number of fused-ring (bicyclic) bond motifs is 1. The summed E-state index contributed by atoms with van der Waals surface area (Å²) in [5, 5.41) is 13.6. The quantitative estimate of drug-likeness (QED) is 0.415. The van der Waals surface area contributed by atoms with Gasteiger partial charge in [0.05, 0.1) is 25.8 Å². The van der Waals surface area contributed by atoms with Gasteiger partial charge < -0.3 is 19.0 Å². The van der Waals surface area contributed by atoms with Gasteiger partial charge in [0.25, 0.3) is 5.91 Å². The van der Waals surface area contributed by atoms with Crippen LogP contribution in [0.4, 0.5) is 5.13 Å². The summed E-state index contributed by atoms with van der Waals surface area (Å²) in [6, 6.07) is 12.9.